The molecular formula is C11H21ClN2O3. The maximum atomic E-state index is 10.9. The summed E-state index contributed by atoms with van der Waals surface area (Å²) in [6.07, 6.45) is 1.70. The summed E-state index contributed by atoms with van der Waals surface area (Å²) in [7, 11) is 0. The Morgan fingerprint density at radius 2 is 1.82 bits per heavy atom. The Kier molecular flexibility index (Phi) is 10.9. The lowest BCUT2D eigenvalue weighted by molar-refractivity contribution is -0.132. The molecule has 100 valence electrons. The van der Waals surface area contributed by atoms with E-state index < -0.39 is 5.97 Å². The molecule has 0 spiro atoms. The van der Waals surface area contributed by atoms with Gasteiger partial charge in [0, 0.05) is 19.7 Å². The van der Waals surface area contributed by atoms with Gasteiger partial charge < -0.3 is 15.3 Å². The Balaban J connectivity index is 0. The van der Waals surface area contributed by atoms with Crippen LogP contribution < -0.4 is 5.32 Å². The fourth-order valence-corrected chi connectivity index (χ4v) is 1.25. The van der Waals surface area contributed by atoms with Crippen molar-refractivity contribution in [3.63, 3.8) is 0 Å². The lowest BCUT2D eigenvalue weighted by Crippen LogP contribution is -2.25. The maximum absolute atomic E-state index is 10.9. The number of nitrogens with zero attached hydrogens (tertiary/aromatic N) is 1. The Bertz CT molecular complexity index is 276. The van der Waals surface area contributed by atoms with Gasteiger partial charge in [0.05, 0.1) is 5.57 Å². The van der Waals surface area contributed by atoms with E-state index in [0.29, 0.717) is 13.0 Å². The van der Waals surface area contributed by atoms with Crippen LogP contribution in [0.3, 0.4) is 0 Å². The number of halogens is 1. The predicted molar refractivity (Wildman–Crippen MR) is 69.2 cm³/mol. The molecule has 2 N–H and O–H groups in total. The van der Waals surface area contributed by atoms with Crippen molar-refractivity contribution >= 4 is 24.3 Å². The van der Waals surface area contributed by atoms with Crippen LogP contribution in [-0.2, 0) is 9.59 Å². The molecule has 0 saturated heterocycles. The van der Waals surface area contributed by atoms with E-state index in [9.17, 15) is 9.59 Å². The van der Waals surface area contributed by atoms with Crippen LogP contribution in [0.1, 0.15) is 27.2 Å². The summed E-state index contributed by atoms with van der Waals surface area (Å²) in [5, 5.41) is 11.3. The van der Waals surface area contributed by atoms with Gasteiger partial charge in [0.1, 0.15) is 0 Å². The van der Waals surface area contributed by atoms with E-state index in [0.717, 1.165) is 13.1 Å². The minimum atomic E-state index is -0.985. The lowest BCUT2D eigenvalue weighted by atomic mass is 10.2. The highest BCUT2D eigenvalue weighted by Crippen LogP contribution is 2.02. The first-order valence-electron chi connectivity index (χ1n) is 5.43. The van der Waals surface area contributed by atoms with Crippen LogP contribution in [0.2, 0.25) is 0 Å². The van der Waals surface area contributed by atoms with Crippen LogP contribution in [-0.4, -0.2) is 41.5 Å². The number of hydrogen-bond donors (Lipinski definition) is 2. The van der Waals surface area contributed by atoms with Gasteiger partial charge in [-0.25, -0.2) is 4.79 Å². The predicted octanol–water partition coefficient (Wildman–Crippen LogP) is 1.24. The van der Waals surface area contributed by atoms with Gasteiger partial charge in [0.2, 0.25) is 5.91 Å². The first kappa shape index (κ1) is 18.3. The molecule has 0 aliphatic rings. The number of hydrogen-bond acceptors (Lipinski definition) is 3. The summed E-state index contributed by atoms with van der Waals surface area (Å²) in [6, 6.07) is 0. The van der Waals surface area contributed by atoms with Gasteiger partial charge in [-0.2, -0.15) is 0 Å². The topological polar surface area (TPSA) is 69.6 Å². The van der Waals surface area contributed by atoms with Gasteiger partial charge in [-0.3, -0.25) is 4.79 Å². The summed E-state index contributed by atoms with van der Waals surface area (Å²) >= 11 is 0. The molecule has 0 radical (unpaired) electrons. The van der Waals surface area contributed by atoms with Gasteiger partial charge >= 0.3 is 5.97 Å². The van der Waals surface area contributed by atoms with E-state index in [1.54, 1.807) is 0 Å². The second kappa shape index (κ2) is 10.1. The summed E-state index contributed by atoms with van der Waals surface area (Å²) < 4.78 is 0. The number of nitrogens with one attached hydrogen (secondary N) is 1. The van der Waals surface area contributed by atoms with E-state index in [1.165, 1.54) is 13.1 Å². The highest BCUT2D eigenvalue weighted by Gasteiger charge is 2.09. The number of carbonyl (C=O) groups excluding carboxylic acids is 1. The van der Waals surface area contributed by atoms with Gasteiger partial charge in [-0.15, -0.1) is 12.4 Å². The van der Waals surface area contributed by atoms with Crippen molar-refractivity contribution < 1.29 is 14.7 Å². The Morgan fingerprint density at radius 1 is 1.29 bits per heavy atom. The normalized spacial score (nSPS) is 10.9. The molecule has 17 heavy (non-hydrogen) atoms. The fourth-order valence-electron chi connectivity index (χ4n) is 1.25. The van der Waals surface area contributed by atoms with Gasteiger partial charge in [0.15, 0.2) is 0 Å². The van der Waals surface area contributed by atoms with Crippen LogP contribution in [0.4, 0.5) is 0 Å². The van der Waals surface area contributed by atoms with E-state index in [2.05, 4.69) is 10.2 Å². The van der Waals surface area contributed by atoms with Crippen LogP contribution >= 0.6 is 12.4 Å². The molecule has 5 nitrogen and oxygen atoms in total. The first-order chi connectivity index (χ1) is 7.51. The molecule has 0 bridgehead atoms. The number of carboxylic acid groups (broad SMARTS) is 1. The number of aliphatic carboxylic acids is 1. The number of carbonyl (C=O) groups is 2. The summed E-state index contributed by atoms with van der Waals surface area (Å²) in [5.74, 6) is -1.25. The van der Waals surface area contributed by atoms with E-state index >= 15 is 0 Å². The minimum Gasteiger partial charge on any atom is -0.478 e. The third kappa shape index (κ3) is 8.71. The number of carboxylic acids is 1. The van der Waals surface area contributed by atoms with Crippen molar-refractivity contribution in [1.82, 2.24) is 10.2 Å². The molecular weight excluding hydrogens is 244 g/mol. The fraction of sp³-hybridized carbons (Fsp3) is 0.636. The monoisotopic (exact) mass is 264 g/mol. The van der Waals surface area contributed by atoms with Crippen molar-refractivity contribution in [3.8, 4) is 0 Å². The zero-order chi connectivity index (χ0) is 12.6. The van der Waals surface area contributed by atoms with E-state index in [-0.39, 0.29) is 23.9 Å². The largest absolute Gasteiger partial charge is 0.478 e. The van der Waals surface area contributed by atoms with Gasteiger partial charge in [-0.1, -0.05) is 13.8 Å². The molecule has 1 amide bonds. The van der Waals surface area contributed by atoms with Crippen LogP contribution in [0.5, 0.6) is 0 Å². The zero-order valence-corrected chi connectivity index (χ0v) is 11.3. The highest BCUT2D eigenvalue weighted by atomic mass is 35.5. The Labute approximate surface area is 108 Å². The van der Waals surface area contributed by atoms with Crippen LogP contribution in [0.15, 0.2) is 11.8 Å². The summed E-state index contributed by atoms with van der Waals surface area (Å²) in [6.45, 7) is 7.88. The zero-order valence-electron chi connectivity index (χ0n) is 10.5. The van der Waals surface area contributed by atoms with Crippen LogP contribution in [0.25, 0.3) is 0 Å². The van der Waals surface area contributed by atoms with Crippen molar-refractivity contribution in [2.24, 2.45) is 0 Å². The number of rotatable bonds is 7. The van der Waals surface area contributed by atoms with Crippen molar-refractivity contribution in [2.45, 2.75) is 27.2 Å². The molecule has 0 atom stereocenters. The minimum absolute atomic E-state index is 0. The molecule has 0 aliphatic heterocycles. The maximum Gasteiger partial charge on any atom is 0.333 e. The van der Waals surface area contributed by atoms with E-state index in [1.807, 2.05) is 13.8 Å². The summed E-state index contributed by atoms with van der Waals surface area (Å²) in [5.41, 5.74) is 0.224. The molecule has 0 aromatic rings. The van der Waals surface area contributed by atoms with Crippen molar-refractivity contribution in [3.05, 3.63) is 11.8 Å². The highest BCUT2D eigenvalue weighted by molar-refractivity contribution is 5.87. The van der Waals surface area contributed by atoms with Gasteiger partial charge in [0.25, 0.3) is 0 Å². The molecule has 0 saturated carbocycles. The number of amides is 1. The Morgan fingerprint density at radius 3 is 2.18 bits per heavy atom. The second-order valence-electron chi connectivity index (χ2n) is 3.45. The molecule has 0 fully saturated rings. The third-order valence-electron chi connectivity index (χ3n) is 2.32. The third-order valence-corrected chi connectivity index (χ3v) is 2.32. The lowest BCUT2D eigenvalue weighted by Gasteiger charge is -2.17. The van der Waals surface area contributed by atoms with Crippen LogP contribution in [0, 0.1) is 0 Å². The smallest absolute Gasteiger partial charge is 0.333 e. The first-order valence-corrected chi connectivity index (χ1v) is 5.43. The Hall–Kier alpha value is -1.07. The van der Waals surface area contributed by atoms with E-state index in [4.69, 9.17) is 5.11 Å². The quantitative estimate of drug-likeness (QED) is 0.679. The molecule has 0 unspecified atom stereocenters. The average Bonchev–Trinajstić information content (AvgIpc) is 2.22. The summed E-state index contributed by atoms with van der Waals surface area (Å²) in [4.78, 5) is 23.7. The molecule has 6 heteroatoms. The van der Waals surface area contributed by atoms with Gasteiger partial charge in [-0.05, 0) is 19.5 Å². The average molecular weight is 265 g/mol. The van der Waals surface area contributed by atoms with Crippen molar-refractivity contribution in [1.29, 1.82) is 0 Å². The molecule has 0 rings (SSSR count). The second-order valence-corrected chi connectivity index (χ2v) is 3.45. The molecule has 0 aliphatic carbocycles. The van der Waals surface area contributed by atoms with Crippen molar-refractivity contribution in [2.75, 3.05) is 19.6 Å². The molecule has 0 heterocycles. The molecule has 0 aromatic carbocycles. The standard InChI is InChI=1S/C11H20N2O3.ClH/c1-4-13(5-2)7-6-10(11(15)16)8-12-9(3)14;/h8H,4-7H2,1-3H3,(H,12,14)(H,15,16);1H. The molecule has 0 aromatic heterocycles. The SMILES string of the molecule is CCN(CC)CCC(=CNC(C)=O)C(=O)O.Cl.